The topological polar surface area (TPSA) is 74.2 Å². The Kier molecular flexibility index (Phi) is 4.12. The number of nitrogens with zero attached hydrogens (tertiary/aromatic N) is 2. The standard InChI is InChI=1S/C12H21N3O2/c1-3-16-11(9-5-6-9)12-14-10(17-15-12)7-4-8(2)13/h8-9,11H,3-7,13H2,1-2H3. The maximum atomic E-state index is 5.70. The maximum absolute atomic E-state index is 5.70. The lowest BCUT2D eigenvalue weighted by molar-refractivity contribution is 0.0384. The minimum absolute atomic E-state index is 0.0211. The first-order chi connectivity index (χ1) is 8.20. The van der Waals surface area contributed by atoms with Gasteiger partial charge in [0.1, 0.15) is 6.10 Å². The summed E-state index contributed by atoms with van der Waals surface area (Å²) in [5, 5.41) is 4.02. The first kappa shape index (κ1) is 12.5. The van der Waals surface area contributed by atoms with Crippen molar-refractivity contribution in [3.63, 3.8) is 0 Å². The Morgan fingerprint density at radius 2 is 2.29 bits per heavy atom. The summed E-state index contributed by atoms with van der Waals surface area (Å²) in [4.78, 5) is 4.40. The van der Waals surface area contributed by atoms with E-state index in [0.29, 0.717) is 24.2 Å². The van der Waals surface area contributed by atoms with Gasteiger partial charge in [-0.1, -0.05) is 5.16 Å². The summed E-state index contributed by atoms with van der Waals surface area (Å²) in [5.41, 5.74) is 5.70. The monoisotopic (exact) mass is 239 g/mol. The third-order valence-electron chi connectivity index (χ3n) is 2.95. The molecule has 0 aliphatic heterocycles. The van der Waals surface area contributed by atoms with Crippen LogP contribution in [0.2, 0.25) is 0 Å². The molecule has 5 nitrogen and oxygen atoms in total. The van der Waals surface area contributed by atoms with Crippen LogP contribution < -0.4 is 5.73 Å². The van der Waals surface area contributed by atoms with Crippen LogP contribution in [0.3, 0.4) is 0 Å². The molecule has 2 unspecified atom stereocenters. The fourth-order valence-electron chi connectivity index (χ4n) is 1.84. The molecule has 0 bridgehead atoms. The number of rotatable bonds is 7. The average Bonchev–Trinajstić information content (AvgIpc) is 3.02. The van der Waals surface area contributed by atoms with E-state index in [2.05, 4.69) is 10.1 Å². The number of hydrogen-bond acceptors (Lipinski definition) is 5. The Morgan fingerprint density at radius 3 is 2.88 bits per heavy atom. The second kappa shape index (κ2) is 5.60. The molecular weight excluding hydrogens is 218 g/mol. The predicted molar refractivity (Wildman–Crippen MR) is 63.4 cm³/mol. The van der Waals surface area contributed by atoms with E-state index in [1.165, 1.54) is 12.8 Å². The number of nitrogens with two attached hydrogens (primary N) is 1. The molecule has 1 fully saturated rings. The molecule has 2 atom stereocenters. The Bertz CT molecular complexity index is 347. The van der Waals surface area contributed by atoms with Crippen molar-refractivity contribution in [3.8, 4) is 0 Å². The molecule has 2 N–H and O–H groups in total. The van der Waals surface area contributed by atoms with Crippen molar-refractivity contribution < 1.29 is 9.26 Å². The molecule has 1 heterocycles. The van der Waals surface area contributed by atoms with Crippen LogP contribution in [0, 0.1) is 5.92 Å². The van der Waals surface area contributed by atoms with Gasteiger partial charge < -0.3 is 15.0 Å². The summed E-state index contributed by atoms with van der Waals surface area (Å²) in [7, 11) is 0. The van der Waals surface area contributed by atoms with Gasteiger partial charge in [0.25, 0.3) is 0 Å². The Labute approximate surface area is 102 Å². The second-order valence-electron chi connectivity index (χ2n) is 4.78. The van der Waals surface area contributed by atoms with Crippen molar-refractivity contribution >= 4 is 0 Å². The highest BCUT2D eigenvalue weighted by Crippen LogP contribution is 2.42. The van der Waals surface area contributed by atoms with Crippen molar-refractivity contribution in [3.05, 3.63) is 11.7 Å². The summed E-state index contributed by atoms with van der Waals surface area (Å²) in [6.45, 7) is 4.65. The van der Waals surface area contributed by atoms with Gasteiger partial charge in [-0.2, -0.15) is 4.98 Å². The second-order valence-corrected chi connectivity index (χ2v) is 4.78. The van der Waals surface area contributed by atoms with Crippen molar-refractivity contribution in [2.24, 2.45) is 11.7 Å². The lowest BCUT2D eigenvalue weighted by Crippen LogP contribution is -2.15. The summed E-state index contributed by atoms with van der Waals surface area (Å²) in [6.07, 6.45) is 4.04. The highest BCUT2D eigenvalue weighted by atomic mass is 16.5. The van der Waals surface area contributed by atoms with Gasteiger partial charge in [0, 0.05) is 19.1 Å². The largest absolute Gasteiger partial charge is 0.370 e. The fraction of sp³-hybridized carbons (Fsp3) is 0.833. The summed E-state index contributed by atoms with van der Waals surface area (Å²) >= 11 is 0. The minimum atomic E-state index is 0.0211. The highest BCUT2D eigenvalue weighted by molar-refractivity contribution is 4.98. The van der Waals surface area contributed by atoms with Gasteiger partial charge in [-0.05, 0) is 39.0 Å². The van der Waals surface area contributed by atoms with Crippen LogP contribution in [-0.4, -0.2) is 22.8 Å². The molecule has 1 saturated carbocycles. The molecule has 1 aliphatic carbocycles. The Balaban J connectivity index is 1.95. The van der Waals surface area contributed by atoms with Crippen LogP contribution in [0.5, 0.6) is 0 Å². The predicted octanol–water partition coefficient (Wildman–Crippen LogP) is 1.84. The van der Waals surface area contributed by atoms with E-state index in [4.69, 9.17) is 15.0 Å². The third kappa shape index (κ3) is 3.51. The first-order valence-electron chi connectivity index (χ1n) is 6.40. The Morgan fingerprint density at radius 1 is 1.53 bits per heavy atom. The molecule has 0 amide bonds. The molecule has 0 radical (unpaired) electrons. The smallest absolute Gasteiger partial charge is 0.226 e. The van der Waals surface area contributed by atoms with Crippen molar-refractivity contribution in [2.75, 3.05) is 6.61 Å². The molecular formula is C12H21N3O2. The Hall–Kier alpha value is -0.940. The zero-order chi connectivity index (χ0) is 12.3. The fourth-order valence-corrected chi connectivity index (χ4v) is 1.84. The highest BCUT2D eigenvalue weighted by Gasteiger charge is 2.36. The molecule has 1 aromatic heterocycles. The van der Waals surface area contributed by atoms with Crippen LogP contribution in [0.1, 0.15) is 50.9 Å². The van der Waals surface area contributed by atoms with E-state index in [1.807, 2.05) is 13.8 Å². The first-order valence-corrected chi connectivity index (χ1v) is 6.40. The van der Waals surface area contributed by atoms with E-state index < -0.39 is 0 Å². The van der Waals surface area contributed by atoms with Crippen molar-refractivity contribution in [1.29, 1.82) is 0 Å². The molecule has 1 aliphatic rings. The van der Waals surface area contributed by atoms with Crippen LogP contribution in [0.4, 0.5) is 0 Å². The molecule has 0 spiro atoms. The number of aromatic nitrogens is 2. The average molecular weight is 239 g/mol. The maximum Gasteiger partial charge on any atom is 0.226 e. The summed E-state index contributed by atoms with van der Waals surface area (Å²) in [6, 6.07) is 0.163. The van der Waals surface area contributed by atoms with E-state index in [0.717, 1.165) is 12.8 Å². The SMILES string of the molecule is CCOC(c1noc(CCC(C)N)n1)C1CC1. The van der Waals surface area contributed by atoms with E-state index in [-0.39, 0.29) is 12.1 Å². The van der Waals surface area contributed by atoms with Gasteiger partial charge in [0.2, 0.25) is 11.7 Å². The van der Waals surface area contributed by atoms with E-state index in [1.54, 1.807) is 0 Å². The van der Waals surface area contributed by atoms with Crippen molar-refractivity contribution in [2.45, 2.75) is 51.7 Å². The molecule has 96 valence electrons. The van der Waals surface area contributed by atoms with Gasteiger partial charge >= 0.3 is 0 Å². The van der Waals surface area contributed by atoms with Gasteiger partial charge in [-0.25, -0.2) is 0 Å². The molecule has 17 heavy (non-hydrogen) atoms. The van der Waals surface area contributed by atoms with Crippen LogP contribution in [0.15, 0.2) is 4.52 Å². The normalized spacial score (nSPS) is 19.2. The molecule has 2 rings (SSSR count). The zero-order valence-corrected chi connectivity index (χ0v) is 10.6. The molecule has 1 aromatic rings. The third-order valence-corrected chi connectivity index (χ3v) is 2.95. The lowest BCUT2D eigenvalue weighted by atomic mass is 10.2. The molecule has 0 aromatic carbocycles. The summed E-state index contributed by atoms with van der Waals surface area (Å²) < 4.78 is 10.9. The minimum Gasteiger partial charge on any atom is -0.370 e. The van der Waals surface area contributed by atoms with Gasteiger partial charge in [0.05, 0.1) is 0 Å². The van der Waals surface area contributed by atoms with Gasteiger partial charge in [0.15, 0.2) is 0 Å². The van der Waals surface area contributed by atoms with E-state index in [9.17, 15) is 0 Å². The van der Waals surface area contributed by atoms with Gasteiger partial charge in [-0.3, -0.25) is 0 Å². The zero-order valence-electron chi connectivity index (χ0n) is 10.6. The number of hydrogen-bond donors (Lipinski definition) is 1. The van der Waals surface area contributed by atoms with Crippen LogP contribution in [-0.2, 0) is 11.2 Å². The van der Waals surface area contributed by atoms with Crippen LogP contribution in [0.25, 0.3) is 0 Å². The quantitative estimate of drug-likeness (QED) is 0.785. The lowest BCUT2D eigenvalue weighted by Gasteiger charge is -2.11. The number of aryl methyl sites for hydroxylation is 1. The van der Waals surface area contributed by atoms with Gasteiger partial charge in [-0.15, -0.1) is 0 Å². The molecule has 0 saturated heterocycles. The van der Waals surface area contributed by atoms with E-state index >= 15 is 0 Å². The van der Waals surface area contributed by atoms with Crippen molar-refractivity contribution in [1.82, 2.24) is 10.1 Å². The number of ether oxygens (including phenoxy) is 1. The molecule has 5 heteroatoms. The van der Waals surface area contributed by atoms with Crippen LogP contribution >= 0.6 is 0 Å². The summed E-state index contributed by atoms with van der Waals surface area (Å²) in [5.74, 6) is 1.95.